The minimum atomic E-state index is -1.06. The highest BCUT2D eigenvalue weighted by molar-refractivity contribution is 6.28. The van der Waals surface area contributed by atoms with Crippen LogP contribution in [-0.4, -0.2) is 68.4 Å². The number of fused-ring (bicyclic) bond motifs is 1. The first kappa shape index (κ1) is 25.1. The first-order valence-electron chi connectivity index (χ1n) is 11.5. The summed E-state index contributed by atoms with van der Waals surface area (Å²) in [4.78, 5) is 48.3. The Labute approximate surface area is 206 Å². The molecule has 1 N–H and O–H groups in total. The van der Waals surface area contributed by atoms with E-state index in [0.29, 0.717) is 17.0 Å². The third-order valence-corrected chi connectivity index (χ3v) is 6.12. The van der Waals surface area contributed by atoms with Gasteiger partial charge in [0, 0.05) is 26.8 Å². The maximum absolute atomic E-state index is 11.9. The van der Waals surface area contributed by atoms with Gasteiger partial charge in [0.1, 0.15) is 12.7 Å². The number of rotatable bonds is 7. The van der Waals surface area contributed by atoms with Crippen LogP contribution in [-0.2, 0) is 33.3 Å². The van der Waals surface area contributed by atoms with Crippen LogP contribution < -0.4 is 5.32 Å². The Kier molecular flexibility index (Phi) is 7.70. The van der Waals surface area contributed by atoms with Gasteiger partial charge in [-0.2, -0.15) is 9.97 Å². The molecule has 1 aliphatic carbocycles. The molecular weight excluding hydrogens is 482 g/mol. The molecule has 1 aliphatic heterocycles. The number of hydrogen-bond acceptors (Lipinski definition) is 11. The average Bonchev–Trinajstić information content (AvgIpc) is 3.34. The molecule has 4 atom stereocenters. The molecule has 0 amide bonds. The van der Waals surface area contributed by atoms with Crippen molar-refractivity contribution < 1.29 is 33.3 Å². The summed E-state index contributed by atoms with van der Waals surface area (Å²) in [7, 11) is 0. The molecule has 0 aromatic carbocycles. The summed E-state index contributed by atoms with van der Waals surface area (Å²) < 4.78 is 23.7. The second-order valence-electron chi connectivity index (χ2n) is 8.66. The van der Waals surface area contributed by atoms with Crippen LogP contribution in [0.2, 0.25) is 5.28 Å². The third-order valence-electron chi connectivity index (χ3n) is 5.95. The molecule has 2 unspecified atom stereocenters. The van der Waals surface area contributed by atoms with E-state index < -0.39 is 42.4 Å². The van der Waals surface area contributed by atoms with Crippen LogP contribution in [0.1, 0.15) is 59.1 Å². The predicted molar refractivity (Wildman–Crippen MR) is 122 cm³/mol. The standard InChI is InChI=1S/C22H28ClN5O7/c1-11(29)32-9-15-17(33-12(2)30)18(34-13(3)31)21(35-15)28-10-24-16-19(26-22(23)27-20(16)28)25-14-7-5-4-6-8-14/h10,14-15,17-18,21H,4-9H2,1-3H3,(H,25,26,27)/t15-,17?,18?,21-/m1/s1. The summed E-state index contributed by atoms with van der Waals surface area (Å²) in [6, 6.07) is 0.251. The van der Waals surface area contributed by atoms with E-state index in [2.05, 4.69) is 20.3 Å². The van der Waals surface area contributed by atoms with E-state index in [1.54, 1.807) is 4.57 Å². The molecule has 3 heterocycles. The lowest BCUT2D eigenvalue weighted by Crippen LogP contribution is -2.40. The Balaban J connectivity index is 1.70. The van der Waals surface area contributed by atoms with Gasteiger partial charge in [0.15, 0.2) is 35.4 Å². The Bertz CT molecular complexity index is 1100. The van der Waals surface area contributed by atoms with Crippen LogP contribution in [0.25, 0.3) is 11.2 Å². The number of nitrogens with one attached hydrogen (secondary N) is 1. The molecule has 4 rings (SSSR count). The molecule has 1 saturated carbocycles. The molecule has 1 saturated heterocycles. The molecule has 0 bridgehead atoms. The number of carbonyl (C=O) groups excluding carboxylic acids is 3. The van der Waals surface area contributed by atoms with Gasteiger partial charge in [0.2, 0.25) is 5.28 Å². The summed E-state index contributed by atoms with van der Waals surface area (Å²) >= 11 is 6.25. The molecule has 0 spiro atoms. The molecule has 2 fully saturated rings. The minimum absolute atomic E-state index is 0.00703. The topological polar surface area (TPSA) is 144 Å². The van der Waals surface area contributed by atoms with Crippen LogP contribution in [0.15, 0.2) is 6.33 Å². The Morgan fingerprint density at radius 1 is 1.06 bits per heavy atom. The molecule has 12 nitrogen and oxygen atoms in total. The number of imidazole rings is 1. The van der Waals surface area contributed by atoms with Crippen molar-refractivity contribution in [2.75, 3.05) is 11.9 Å². The number of ether oxygens (including phenoxy) is 4. The second-order valence-corrected chi connectivity index (χ2v) is 9.00. The number of hydrogen-bond donors (Lipinski definition) is 1. The van der Waals surface area contributed by atoms with Crippen molar-refractivity contribution in [1.29, 1.82) is 0 Å². The Morgan fingerprint density at radius 2 is 1.74 bits per heavy atom. The van der Waals surface area contributed by atoms with E-state index in [-0.39, 0.29) is 17.9 Å². The number of anilines is 1. The Hall–Kier alpha value is -2.99. The number of nitrogens with zero attached hydrogens (tertiary/aromatic N) is 4. The number of aromatic nitrogens is 4. The van der Waals surface area contributed by atoms with E-state index in [0.717, 1.165) is 25.7 Å². The lowest BCUT2D eigenvalue weighted by molar-refractivity contribution is -0.166. The van der Waals surface area contributed by atoms with Gasteiger partial charge in [-0.25, -0.2) is 4.98 Å². The SMILES string of the molecule is CC(=O)OC[C@H]1O[C@@H](n2cnc3c(NC4CCCCC4)nc(Cl)nc32)C(OC(C)=O)C1OC(C)=O. The summed E-state index contributed by atoms with van der Waals surface area (Å²) in [6.07, 6.45) is 3.02. The van der Waals surface area contributed by atoms with Crippen LogP contribution in [0.3, 0.4) is 0 Å². The Morgan fingerprint density at radius 3 is 2.40 bits per heavy atom. The lowest BCUT2D eigenvalue weighted by atomic mass is 9.95. The van der Waals surface area contributed by atoms with Crippen molar-refractivity contribution in [2.45, 2.75) is 83.5 Å². The molecule has 2 aromatic heterocycles. The summed E-state index contributed by atoms with van der Waals surface area (Å²) in [6.45, 7) is 3.50. The van der Waals surface area contributed by atoms with Crippen molar-refractivity contribution in [3.63, 3.8) is 0 Å². The molecule has 2 aromatic rings. The fourth-order valence-corrected chi connectivity index (χ4v) is 4.70. The lowest BCUT2D eigenvalue weighted by Gasteiger charge is -2.24. The maximum Gasteiger partial charge on any atom is 0.303 e. The monoisotopic (exact) mass is 509 g/mol. The minimum Gasteiger partial charge on any atom is -0.463 e. The van der Waals surface area contributed by atoms with E-state index in [1.807, 2.05) is 0 Å². The highest BCUT2D eigenvalue weighted by Crippen LogP contribution is 2.37. The normalized spacial score (nSPS) is 24.8. The summed E-state index contributed by atoms with van der Waals surface area (Å²) in [5.41, 5.74) is 0.817. The smallest absolute Gasteiger partial charge is 0.303 e. The summed E-state index contributed by atoms with van der Waals surface area (Å²) in [5.74, 6) is -1.25. The van der Waals surface area contributed by atoms with Crippen LogP contribution >= 0.6 is 11.6 Å². The highest BCUT2D eigenvalue weighted by Gasteiger charge is 2.51. The molecule has 35 heavy (non-hydrogen) atoms. The van der Waals surface area contributed by atoms with Crippen LogP contribution in [0, 0.1) is 0 Å². The fourth-order valence-electron chi connectivity index (χ4n) is 4.53. The van der Waals surface area contributed by atoms with Crippen LogP contribution in [0.5, 0.6) is 0 Å². The van der Waals surface area contributed by atoms with Gasteiger partial charge < -0.3 is 24.3 Å². The third kappa shape index (κ3) is 5.81. The van der Waals surface area contributed by atoms with E-state index in [1.165, 1.54) is 33.5 Å². The predicted octanol–water partition coefficient (Wildman–Crippen LogP) is 2.55. The number of esters is 3. The largest absolute Gasteiger partial charge is 0.463 e. The zero-order chi connectivity index (χ0) is 25.1. The van der Waals surface area contributed by atoms with E-state index in [9.17, 15) is 14.4 Å². The highest BCUT2D eigenvalue weighted by atomic mass is 35.5. The second kappa shape index (κ2) is 10.7. The molecule has 190 valence electrons. The molecular formula is C22H28ClN5O7. The number of carbonyl (C=O) groups is 3. The zero-order valence-corrected chi connectivity index (χ0v) is 20.5. The van der Waals surface area contributed by atoms with Crippen molar-refractivity contribution >= 4 is 46.5 Å². The molecule has 13 heteroatoms. The fraction of sp³-hybridized carbons (Fsp3) is 0.636. The van der Waals surface area contributed by atoms with Crippen molar-refractivity contribution in [3.05, 3.63) is 11.6 Å². The maximum atomic E-state index is 11.9. The van der Waals surface area contributed by atoms with Gasteiger partial charge in [0.05, 0.1) is 6.33 Å². The van der Waals surface area contributed by atoms with Crippen molar-refractivity contribution in [3.8, 4) is 0 Å². The van der Waals surface area contributed by atoms with Crippen molar-refractivity contribution in [2.24, 2.45) is 0 Å². The van der Waals surface area contributed by atoms with Crippen LogP contribution in [0.4, 0.5) is 5.82 Å². The molecule has 2 aliphatic rings. The first-order valence-corrected chi connectivity index (χ1v) is 11.9. The van der Waals surface area contributed by atoms with Crippen molar-refractivity contribution in [1.82, 2.24) is 19.5 Å². The van der Waals surface area contributed by atoms with Gasteiger partial charge in [-0.1, -0.05) is 19.3 Å². The van der Waals surface area contributed by atoms with Gasteiger partial charge >= 0.3 is 17.9 Å². The zero-order valence-electron chi connectivity index (χ0n) is 19.7. The van der Waals surface area contributed by atoms with Gasteiger partial charge in [0.25, 0.3) is 0 Å². The average molecular weight is 510 g/mol. The van der Waals surface area contributed by atoms with E-state index >= 15 is 0 Å². The summed E-state index contributed by atoms with van der Waals surface area (Å²) in [5, 5.41) is 3.43. The quantitative estimate of drug-likeness (QED) is 0.334. The molecule has 0 radical (unpaired) electrons. The van der Waals surface area contributed by atoms with Gasteiger partial charge in [-0.15, -0.1) is 0 Å². The number of halogens is 1. The van der Waals surface area contributed by atoms with Gasteiger partial charge in [-0.05, 0) is 24.4 Å². The van der Waals surface area contributed by atoms with E-state index in [4.69, 9.17) is 30.5 Å². The van der Waals surface area contributed by atoms with Gasteiger partial charge in [-0.3, -0.25) is 19.0 Å². The first-order chi connectivity index (χ1) is 16.7.